The number of nitrogens with two attached hydrogens (primary N) is 1. The molecule has 2 atom stereocenters. The number of imide groups is 1. The Kier molecular flexibility index (Phi) is 6.98. The molecule has 4 rings (SSSR count). The number of benzene rings is 2. The topological polar surface area (TPSA) is 117 Å². The summed E-state index contributed by atoms with van der Waals surface area (Å²) in [5, 5.41) is 1.54. The van der Waals surface area contributed by atoms with Crippen LogP contribution in [-0.2, 0) is 22.4 Å². The molecule has 0 bridgehead atoms. The van der Waals surface area contributed by atoms with Crippen LogP contribution in [0.5, 0.6) is 17.2 Å². The third-order valence-electron chi connectivity index (χ3n) is 6.60. The summed E-state index contributed by atoms with van der Waals surface area (Å²) in [6, 6.07) is 7.17. The molecule has 8 nitrogen and oxygen atoms in total. The van der Waals surface area contributed by atoms with Gasteiger partial charge >= 0.3 is 0 Å². The number of primary amides is 1. The van der Waals surface area contributed by atoms with Gasteiger partial charge in [-0.15, -0.1) is 0 Å². The maximum Gasteiger partial charge on any atom is 0.286 e. The zero-order valence-corrected chi connectivity index (χ0v) is 21.2. The molecule has 2 aromatic rings. The van der Waals surface area contributed by atoms with Crippen LogP contribution < -0.4 is 25.3 Å². The fourth-order valence-corrected chi connectivity index (χ4v) is 5.15. The normalized spacial score (nSPS) is 18.8. The number of thioether (sulfide) groups is 1. The van der Waals surface area contributed by atoms with Gasteiger partial charge in [-0.2, -0.15) is 0 Å². The second-order valence-corrected chi connectivity index (χ2v) is 10.4. The number of rotatable bonds is 8. The standard InChI is InChI=1S/C26H30N2O6S/c1-14-15(2)22-19(6-5-11-32-22)16(3)21(14)34-26(4,24(27)30)13-33-18-9-7-17(8-10-18)12-20-23(29)28-25(31)35-20/h7-10,20H,5-6,11-13H2,1-4H3,(H2,27,30)(H,28,29,31). The van der Waals surface area contributed by atoms with Gasteiger partial charge in [0.05, 0.1) is 11.9 Å². The first-order valence-corrected chi connectivity index (χ1v) is 12.4. The lowest BCUT2D eigenvalue weighted by molar-refractivity contribution is -0.134. The fraction of sp³-hybridized carbons (Fsp3) is 0.423. The van der Waals surface area contributed by atoms with Gasteiger partial charge in [0.25, 0.3) is 11.1 Å². The SMILES string of the molecule is Cc1c(C)c2c(c(C)c1OC(C)(COc1ccc(CC3SC(=O)NC3=O)cc1)C(N)=O)CCCO2. The number of ether oxygens (including phenoxy) is 3. The lowest BCUT2D eigenvalue weighted by Crippen LogP contribution is -2.51. The Balaban J connectivity index is 1.48. The highest BCUT2D eigenvalue weighted by molar-refractivity contribution is 8.15. The first-order chi connectivity index (χ1) is 16.6. The summed E-state index contributed by atoms with van der Waals surface area (Å²) in [5.74, 6) is 1.17. The Morgan fingerprint density at radius 1 is 1.17 bits per heavy atom. The molecule has 2 unspecified atom stereocenters. The van der Waals surface area contributed by atoms with Crippen LogP contribution in [0.1, 0.15) is 41.2 Å². The zero-order chi connectivity index (χ0) is 25.3. The van der Waals surface area contributed by atoms with E-state index in [2.05, 4.69) is 5.32 Å². The Labute approximate surface area is 208 Å². The molecule has 0 aromatic heterocycles. The number of nitrogens with one attached hydrogen (secondary N) is 1. The van der Waals surface area contributed by atoms with Crippen molar-refractivity contribution in [1.82, 2.24) is 5.32 Å². The van der Waals surface area contributed by atoms with Crippen molar-refractivity contribution >= 4 is 28.8 Å². The number of hydrogen-bond donors (Lipinski definition) is 2. The van der Waals surface area contributed by atoms with Crippen molar-refractivity contribution in [3.8, 4) is 17.2 Å². The highest BCUT2D eigenvalue weighted by atomic mass is 32.2. The molecule has 0 saturated carbocycles. The zero-order valence-electron chi connectivity index (χ0n) is 20.4. The average molecular weight is 499 g/mol. The van der Waals surface area contributed by atoms with E-state index in [1.807, 2.05) is 32.9 Å². The summed E-state index contributed by atoms with van der Waals surface area (Å²) in [4.78, 5) is 35.6. The monoisotopic (exact) mass is 498 g/mol. The average Bonchev–Trinajstić information content (AvgIpc) is 3.16. The van der Waals surface area contributed by atoms with Crippen molar-refractivity contribution < 1.29 is 28.6 Å². The molecule has 3 amide bonds. The molecular weight excluding hydrogens is 468 g/mol. The van der Waals surface area contributed by atoms with Gasteiger partial charge < -0.3 is 19.9 Å². The second-order valence-electron chi connectivity index (χ2n) is 9.18. The highest BCUT2D eigenvalue weighted by Gasteiger charge is 2.37. The summed E-state index contributed by atoms with van der Waals surface area (Å²) < 4.78 is 18.1. The van der Waals surface area contributed by atoms with E-state index in [1.54, 1.807) is 19.1 Å². The summed E-state index contributed by atoms with van der Waals surface area (Å²) in [6.07, 6.45) is 2.26. The van der Waals surface area contributed by atoms with Gasteiger partial charge in [0.1, 0.15) is 23.9 Å². The van der Waals surface area contributed by atoms with Crippen molar-refractivity contribution in [2.24, 2.45) is 5.73 Å². The molecule has 3 N–H and O–H groups in total. The summed E-state index contributed by atoms with van der Waals surface area (Å²) in [7, 11) is 0. The summed E-state index contributed by atoms with van der Waals surface area (Å²) in [6.45, 7) is 8.17. The van der Waals surface area contributed by atoms with E-state index in [9.17, 15) is 14.4 Å². The molecule has 1 saturated heterocycles. The molecule has 9 heteroatoms. The predicted molar refractivity (Wildman–Crippen MR) is 133 cm³/mol. The van der Waals surface area contributed by atoms with Gasteiger partial charge in [0.15, 0.2) is 0 Å². The van der Waals surface area contributed by atoms with Gasteiger partial charge in [-0.3, -0.25) is 19.7 Å². The molecule has 2 aliphatic rings. The first-order valence-electron chi connectivity index (χ1n) is 11.6. The highest BCUT2D eigenvalue weighted by Crippen LogP contribution is 2.41. The van der Waals surface area contributed by atoms with Crippen LogP contribution in [0.15, 0.2) is 24.3 Å². The van der Waals surface area contributed by atoms with Crippen LogP contribution in [-0.4, -0.2) is 41.1 Å². The minimum Gasteiger partial charge on any atom is -0.493 e. The van der Waals surface area contributed by atoms with Crippen LogP contribution in [0.3, 0.4) is 0 Å². The van der Waals surface area contributed by atoms with Crippen LogP contribution >= 0.6 is 11.8 Å². The van der Waals surface area contributed by atoms with E-state index in [1.165, 1.54) is 0 Å². The van der Waals surface area contributed by atoms with E-state index in [-0.39, 0.29) is 17.8 Å². The third-order valence-corrected chi connectivity index (χ3v) is 7.58. The minimum atomic E-state index is -1.40. The molecule has 0 radical (unpaired) electrons. The van der Waals surface area contributed by atoms with E-state index < -0.39 is 16.8 Å². The summed E-state index contributed by atoms with van der Waals surface area (Å²) in [5.41, 5.74) is 9.22. The van der Waals surface area contributed by atoms with Gasteiger partial charge in [0.2, 0.25) is 11.5 Å². The smallest absolute Gasteiger partial charge is 0.286 e. The molecular formula is C26H30N2O6S. The third kappa shape index (κ3) is 5.10. The Bertz CT molecular complexity index is 1180. The van der Waals surface area contributed by atoms with Crippen molar-refractivity contribution in [2.75, 3.05) is 13.2 Å². The van der Waals surface area contributed by atoms with E-state index in [4.69, 9.17) is 19.9 Å². The maximum absolute atomic E-state index is 12.5. The maximum atomic E-state index is 12.5. The van der Waals surface area contributed by atoms with Gasteiger partial charge in [0, 0.05) is 5.56 Å². The lowest BCUT2D eigenvalue weighted by Gasteiger charge is -2.32. The van der Waals surface area contributed by atoms with Crippen LogP contribution in [0.25, 0.3) is 0 Å². The molecule has 2 heterocycles. The van der Waals surface area contributed by atoms with Gasteiger partial charge in [-0.05, 0) is 81.3 Å². The van der Waals surface area contributed by atoms with Crippen molar-refractivity contribution in [3.05, 3.63) is 52.1 Å². The second kappa shape index (κ2) is 9.81. The fourth-order valence-electron chi connectivity index (χ4n) is 4.29. The quantitative estimate of drug-likeness (QED) is 0.572. The Morgan fingerprint density at radius 3 is 2.51 bits per heavy atom. The molecule has 186 valence electrons. The van der Waals surface area contributed by atoms with Crippen molar-refractivity contribution in [2.45, 2.75) is 57.8 Å². The van der Waals surface area contributed by atoms with Crippen molar-refractivity contribution in [3.63, 3.8) is 0 Å². The predicted octanol–water partition coefficient (Wildman–Crippen LogP) is 3.53. The van der Waals surface area contributed by atoms with E-state index in [0.717, 1.165) is 58.2 Å². The van der Waals surface area contributed by atoms with E-state index in [0.29, 0.717) is 24.5 Å². The molecule has 2 aromatic carbocycles. The molecule has 2 aliphatic heterocycles. The number of amides is 3. The summed E-state index contributed by atoms with van der Waals surface area (Å²) >= 11 is 0.995. The molecule has 1 fully saturated rings. The minimum absolute atomic E-state index is 0.0808. The number of carbonyl (C=O) groups is 3. The Hall–Kier alpha value is -3.20. The number of hydrogen-bond acceptors (Lipinski definition) is 7. The van der Waals surface area contributed by atoms with Gasteiger partial charge in [-0.1, -0.05) is 23.9 Å². The lowest BCUT2D eigenvalue weighted by atomic mass is 9.93. The van der Waals surface area contributed by atoms with Crippen LogP contribution in [0, 0.1) is 20.8 Å². The van der Waals surface area contributed by atoms with Crippen molar-refractivity contribution in [1.29, 1.82) is 0 Å². The largest absolute Gasteiger partial charge is 0.493 e. The first kappa shape index (κ1) is 24.9. The molecule has 0 aliphatic carbocycles. The van der Waals surface area contributed by atoms with Gasteiger partial charge in [-0.25, -0.2) is 0 Å². The Morgan fingerprint density at radius 2 is 1.89 bits per heavy atom. The molecule has 35 heavy (non-hydrogen) atoms. The van der Waals surface area contributed by atoms with E-state index >= 15 is 0 Å². The number of carbonyl (C=O) groups excluding carboxylic acids is 3. The molecule has 0 spiro atoms. The number of fused-ring (bicyclic) bond motifs is 1. The van der Waals surface area contributed by atoms with Crippen LogP contribution in [0.4, 0.5) is 4.79 Å². The van der Waals surface area contributed by atoms with Crippen LogP contribution in [0.2, 0.25) is 0 Å².